The summed E-state index contributed by atoms with van der Waals surface area (Å²) in [5, 5.41) is 4.11. The highest BCUT2D eigenvalue weighted by atomic mass is 32.2. The van der Waals surface area contributed by atoms with E-state index in [4.69, 9.17) is 0 Å². The third-order valence-electron chi connectivity index (χ3n) is 3.78. The van der Waals surface area contributed by atoms with Crippen molar-refractivity contribution >= 4 is 10.0 Å². The van der Waals surface area contributed by atoms with Gasteiger partial charge in [-0.2, -0.15) is 5.10 Å². The summed E-state index contributed by atoms with van der Waals surface area (Å²) < 4.78 is 69.9. The number of benzene rings is 2. The smallest absolute Gasteiger partial charge is 0.404 e. The van der Waals surface area contributed by atoms with E-state index >= 15 is 0 Å². The van der Waals surface area contributed by atoms with Crippen molar-refractivity contribution < 1.29 is 26.3 Å². The van der Waals surface area contributed by atoms with E-state index in [-0.39, 0.29) is 6.54 Å². The van der Waals surface area contributed by atoms with Crippen LogP contribution in [0.3, 0.4) is 0 Å². The van der Waals surface area contributed by atoms with Gasteiger partial charge >= 0.3 is 6.36 Å². The molecule has 148 valence electrons. The van der Waals surface area contributed by atoms with Crippen LogP contribution in [-0.4, -0.2) is 31.1 Å². The van der Waals surface area contributed by atoms with Gasteiger partial charge in [-0.15, -0.1) is 13.2 Å². The molecule has 0 aliphatic rings. The molecule has 0 amide bonds. The van der Waals surface area contributed by atoms with Gasteiger partial charge in [-0.3, -0.25) is 0 Å². The van der Waals surface area contributed by atoms with Crippen LogP contribution in [0.2, 0.25) is 0 Å². The largest absolute Gasteiger partial charge is 0.573 e. The minimum absolute atomic E-state index is 0.0177. The Bertz CT molecular complexity index is 1020. The van der Waals surface area contributed by atoms with Crippen LogP contribution in [0.5, 0.6) is 5.75 Å². The van der Waals surface area contributed by atoms with E-state index in [1.807, 2.05) is 24.3 Å². The van der Waals surface area contributed by atoms with Crippen molar-refractivity contribution in [2.45, 2.75) is 17.7 Å². The van der Waals surface area contributed by atoms with Crippen molar-refractivity contribution in [2.24, 2.45) is 0 Å². The summed E-state index contributed by atoms with van der Waals surface area (Å²) in [6, 6.07) is 13.7. The van der Waals surface area contributed by atoms with E-state index in [1.54, 1.807) is 23.1 Å². The number of hydrogen-bond acceptors (Lipinski definition) is 4. The van der Waals surface area contributed by atoms with Crippen LogP contribution in [0.15, 0.2) is 71.9 Å². The first kappa shape index (κ1) is 19.9. The second kappa shape index (κ2) is 8.03. The van der Waals surface area contributed by atoms with Crippen LogP contribution < -0.4 is 9.46 Å². The Balaban J connectivity index is 1.64. The minimum Gasteiger partial charge on any atom is -0.404 e. The number of sulfonamides is 1. The summed E-state index contributed by atoms with van der Waals surface area (Å²) in [5.74, 6) is -0.772. The lowest BCUT2D eigenvalue weighted by molar-refractivity contribution is -0.275. The van der Waals surface area contributed by atoms with Gasteiger partial charge < -0.3 is 4.74 Å². The summed E-state index contributed by atoms with van der Waals surface area (Å²) in [5.41, 5.74) is 1.71. The monoisotopic (exact) mass is 411 g/mol. The average Bonchev–Trinajstić information content (AvgIpc) is 3.16. The maximum Gasteiger partial charge on any atom is 0.573 e. The van der Waals surface area contributed by atoms with Crippen molar-refractivity contribution in [3.8, 4) is 11.4 Å². The lowest BCUT2D eigenvalue weighted by Gasteiger charge is -2.14. The average molecular weight is 411 g/mol. The van der Waals surface area contributed by atoms with Crippen LogP contribution >= 0.6 is 0 Å². The number of rotatable bonds is 7. The second-order valence-electron chi connectivity index (χ2n) is 5.76. The van der Waals surface area contributed by atoms with Gasteiger partial charge in [-0.1, -0.05) is 24.3 Å². The molecule has 3 rings (SSSR count). The summed E-state index contributed by atoms with van der Waals surface area (Å²) >= 11 is 0. The Kier molecular flexibility index (Phi) is 5.71. The quantitative estimate of drug-likeness (QED) is 0.648. The summed E-state index contributed by atoms with van der Waals surface area (Å²) in [6.07, 6.45) is -1.17. The predicted molar refractivity (Wildman–Crippen MR) is 95.6 cm³/mol. The molecule has 10 heteroatoms. The molecule has 1 heterocycles. The van der Waals surface area contributed by atoms with Gasteiger partial charge in [0.25, 0.3) is 0 Å². The van der Waals surface area contributed by atoms with Gasteiger partial charge in [0.2, 0.25) is 10.0 Å². The Morgan fingerprint density at radius 2 is 1.75 bits per heavy atom. The van der Waals surface area contributed by atoms with Crippen molar-refractivity contribution in [1.29, 1.82) is 0 Å². The van der Waals surface area contributed by atoms with E-state index in [9.17, 15) is 21.6 Å². The molecule has 0 atom stereocenters. The standard InChI is InChI=1S/C18H16F3N3O3S/c19-18(20,21)27-16-4-1-2-5-17(16)28(25,26)23-12-10-14-6-8-15(9-7-14)24-13-3-11-22-24/h1-9,11,13,23H,10,12H2. The third-order valence-corrected chi connectivity index (χ3v) is 5.28. The number of halogens is 3. The zero-order chi connectivity index (χ0) is 20.2. The fourth-order valence-electron chi connectivity index (χ4n) is 2.53. The van der Waals surface area contributed by atoms with Crippen molar-refractivity contribution in [2.75, 3.05) is 6.54 Å². The number of nitrogens with one attached hydrogen (secondary N) is 1. The molecule has 0 spiro atoms. The lowest BCUT2D eigenvalue weighted by Crippen LogP contribution is -2.27. The van der Waals surface area contributed by atoms with Crippen LogP contribution in [0.25, 0.3) is 5.69 Å². The zero-order valence-electron chi connectivity index (χ0n) is 14.4. The molecular weight excluding hydrogens is 395 g/mol. The van der Waals surface area contributed by atoms with Crippen molar-refractivity contribution in [3.05, 3.63) is 72.6 Å². The van der Waals surface area contributed by atoms with Gasteiger partial charge in [-0.25, -0.2) is 17.8 Å². The first-order valence-electron chi connectivity index (χ1n) is 8.18. The molecule has 1 aromatic heterocycles. The SMILES string of the molecule is O=S(=O)(NCCc1ccc(-n2cccn2)cc1)c1ccccc1OC(F)(F)F. The normalized spacial score (nSPS) is 12.1. The van der Waals surface area contributed by atoms with E-state index in [0.717, 1.165) is 23.4 Å². The molecule has 0 bridgehead atoms. The number of hydrogen-bond donors (Lipinski definition) is 1. The van der Waals surface area contributed by atoms with Crippen LogP contribution in [0.4, 0.5) is 13.2 Å². The van der Waals surface area contributed by atoms with Crippen molar-refractivity contribution in [1.82, 2.24) is 14.5 Å². The minimum atomic E-state index is -4.98. The lowest BCUT2D eigenvalue weighted by atomic mass is 10.1. The molecule has 0 aliphatic heterocycles. The first-order chi connectivity index (χ1) is 13.2. The summed E-state index contributed by atoms with van der Waals surface area (Å²) in [7, 11) is -4.17. The molecule has 0 fully saturated rings. The predicted octanol–water partition coefficient (Wildman–Crippen LogP) is 3.29. The first-order valence-corrected chi connectivity index (χ1v) is 9.66. The fourth-order valence-corrected chi connectivity index (χ4v) is 3.68. The molecular formula is C18H16F3N3O3S. The fraction of sp³-hybridized carbons (Fsp3) is 0.167. The Morgan fingerprint density at radius 1 is 1.04 bits per heavy atom. The molecule has 2 aromatic carbocycles. The number of ether oxygens (including phenoxy) is 1. The number of aromatic nitrogens is 2. The van der Waals surface area contributed by atoms with E-state index < -0.39 is 27.0 Å². The number of para-hydroxylation sites is 1. The molecule has 0 saturated carbocycles. The molecule has 0 unspecified atom stereocenters. The van der Waals surface area contributed by atoms with Crippen LogP contribution in [0, 0.1) is 0 Å². The molecule has 6 nitrogen and oxygen atoms in total. The highest BCUT2D eigenvalue weighted by Gasteiger charge is 2.33. The maximum atomic E-state index is 12.5. The number of alkyl halides is 3. The Morgan fingerprint density at radius 3 is 2.39 bits per heavy atom. The summed E-state index contributed by atoms with van der Waals surface area (Å²) in [4.78, 5) is -0.568. The van der Waals surface area contributed by atoms with E-state index in [2.05, 4.69) is 14.6 Å². The molecule has 1 N–H and O–H groups in total. The Hall–Kier alpha value is -2.85. The zero-order valence-corrected chi connectivity index (χ0v) is 15.2. The molecule has 0 radical (unpaired) electrons. The topological polar surface area (TPSA) is 73.2 Å². The second-order valence-corrected chi connectivity index (χ2v) is 7.49. The third kappa shape index (κ3) is 5.11. The number of nitrogens with zero attached hydrogens (tertiary/aromatic N) is 2. The Labute approximate surface area is 159 Å². The van der Waals surface area contributed by atoms with Crippen LogP contribution in [-0.2, 0) is 16.4 Å². The van der Waals surface area contributed by atoms with Gasteiger partial charge in [0.05, 0.1) is 5.69 Å². The van der Waals surface area contributed by atoms with Crippen molar-refractivity contribution in [3.63, 3.8) is 0 Å². The molecule has 3 aromatic rings. The van der Waals surface area contributed by atoms with E-state index in [1.165, 1.54) is 12.1 Å². The van der Waals surface area contributed by atoms with Gasteiger partial charge in [0.15, 0.2) is 0 Å². The van der Waals surface area contributed by atoms with Gasteiger partial charge in [0, 0.05) is 18.9 Å². The van der Waals surface area contributed by atoms with E-state index in [0.29, 0.717) is 6.42 Å². The highest BCUT2D eigenvalue weighted by molar-refractivity contribution is 7.89. The molecule has 28 heavy (non-hydrogen) atoms. The summed E-state index contributed by atoms with van der Waals surface area (Å²) in [6.45, 7) is 0.0177. The van der Waals surface area contributed by atoms with Gasteiger partial charge in [0.1, 0.15) is 10.6 Å². The maximum absolute atomic E-state index is 12.5. The van der Waals surface area contributed by atoms with Gasteiger partial charge in [-0.05, 0) is 42.3 Å². The molecule has 0 aliphatic carbocycles. The molecule has 0 saturated heterocycles. The highest BCUT2D eigenvalue weighted by Crippen LogP contribution is 2.29. The van der Waals surface area contributed by atoms with Crippen LogP contribution in [0.1, 0.15) is 5.56 Å².